The molecular formula is C10H18N4O. The molecule has 0 aliphatic rings. The summed E-state index contributed by atoms with van der Waals surface area (Å²) in [7, 11) is 0. The fourth-order valence-corrected chi connectivity index (χ4v) is 1.32. The van der Waals surface area contributed by atoms with Crippen molar-refractivity contribution >= 4 is 5.95 Å². The molecular weight excluding hydrogens is 192 g/mol. The van der Waals surface area contributed by atoms with Gasteiger partial charge in [-0.15, -0.1) is 0 Å². The minimum Gasteiger partial charge on any atom is -0.395 e. The molecule has 0 aliphatic heterocycles. The number of aliphatic hydroxyl groups is 1. The Labute approximate surface area is 90.0 Å². The maximum absolute atomic E-state index is 8.91. The number of hydrogen-bond donors (Lipinski definition) is 2. The summed E-state index contributed by atoms with van der Waals surface area (Å²) in [6.45, 7) is 4.06. The summed E-state index contributed by atoms with van der Waals surface area (Å²) in [6.07, 6.45) is 4.45. The summed E-state index contributed by atoms with van der Waals surface area (Å²) in [6, 6.07) is 0. The molecule has 0 unspecified atom stereocenters. The van der Waals surface area contributed by atoms with Gasteiger partial charge in [0.25, 0.3) is 0 Å². The highest BCUT2D eigenvalue weighted by atomic mass is 16.3. The van der Waals surface area contributed by atoms with Gasteiger partial charge < -0.3 is 15.7 Å². The zero-order valence-corrected chi connectivity index (χ0v) is 9.06. The van der Waals surface area contributed by atoms with Crippen molar-refractivity contribution < 1.29 is 5.11 Å². The Morgan fingerprint density at radius 2 is 2.00 bits per heavy atom. The molecule has 0 bridgehead atoms. The lowest BCUT2D eigenvalue weighted by atomic mass is 10.3. The Hall–Kier alpha value is -1.20. The summed E-state index contributed by atoms with van der Waals surface area (Å²) in [5, 5.41) is 8.91. The van der Waals surface area contributed by atoms with Crippen LogP contribution in [0.4, 0.5) is 5.95 Å². The highest BCUT2D eigenvalue weighted by molar-refractivity contribution is 5.29. The smallest absolute Gasteiger partial charge is 0.225 e. The summed E-state index contributed by atoms with van der Waals surface area (Å²) in [5.74, 6) is 0.656. The normalized spacial score (nSPS) is 10.3. The molecule has 0 aliphatic carbocycles. The molecule has 1 heterocycles. The number of hydrogen-bond acceptors (Lipinski definition) is 5. The van der Waals surface area contributed by atoms with Crippen molar-refractivity contribution in [2.24, 2.45) is 5.73 Å². The number of aliphatic hydroxyl groups excluding tert-OH is 1. The van der Waals surface area contributed by atoms with Gasteiger partial charge in [-0.05, 0) is 6.42 Å². The Morgan fingerprint density at radius 1 is 1.33 bits per heavy atom. The van der Waals surface area contributed by atoms with E-state index in [1.165, 1.54) is 0 Å². The molecule has 1 rings (SSSR count). The quantitative estimate of drug-likeness (QED) is 0.698. The van der Waals surface area contributed by atoms with Crippen LogP contribution in [0.2, 0.25) is 0 Å². The van der Waals surface area contributed by atoms with Crippen LogP contribution in [0.5, 0.6) is 0 Å². The monoisotopic (exact) mass is 210 g/mol. The van der Waals surface area contributed by atoms with Crippen LogP contribution in [0.15, 0.2) is 12.4 Å². The van der Waals surface area contributed by atoms with Crippen LogP contribution < -0.4 is 10.6 Å². The first-order chi connectivity index (χ1) is 7.31. The van der Waals surface area contributed by atoms with Gasteiger partial charge in [0.05, 0.1) is 6.61 Å². The topological polar surface area (TPSA) is 75.3 Å². The van der Waals surface area contributed by atoms with Crippen LogP contribution in [-0.4, -0.2) is 34.8 Å². The predicted octanol–water partition coefficient (Wildman–Crippen LogP) is 0.144. The van der Waals surface area contributed by atoms with E-state index in [1.807, 2.05) is 4.90 Å². The van der Waals surface area contributed by atoms with Crippen LogP contribution in [0, 0.1) is 0 Å². The Morgan fingerprint density at radius 3 is 2.47 bits per heavy atom. The van der Waals surface area contributed by atoms with E-state index >= 15 is 0 Å². The number of rotatable bonds is 6. The second-order valence-corrected chi connectivity index (χ2v) is 3.31. The largest absolute Gasteiger partial charge is 0.395 e. The van der Waals surface area contributed by atoms with Crippen molar-refractivity contribution in [3.8, 4) is 0 Å². The van der Waals surface area contributed by atoms with Gasteiger partial charge in [0, 0.05) is 37.6 Å². The molecule has 1 aromatic rings. The molecule has 0 amide bonds. The van der Waals surface area contributed by atoms with Crippen molar-refractivity contribution in [2.45, 2.75) is 19.9 Å². The molecule has 0 fully saturated rings. The van der Waals surface area contributed by atoms with E-state index in [4.69, 9.17) is 10.8 Å². The Kier molecular flexibility index (Phi) is 5.00. The molecule has 15 heavy (non-hydrogen) atoms. The zero-order valence-electron chi connectivity index (χ0n) is 9.06. The molecule has 0 spiro atoms. The molecule has 5 nitrogen and oxygen atoms in total. The molecule has 0 atom stereocenters. The first kappa shape index (κ1) is 11.9. The Balaban J connectivity index is 2.72. The third-order valence-corrected chi connectivity index (χ3v) is 2.07. The predicted molar refractivity (Wildman–Crippen MR) is 59.5 cm³/mol. The average Bonchev–Trinajstić information content (AvgIpc) is 2.29. The number of nitrogens with zero attached hydrogens (tertiary/aromatic N) is 3. The molecule has 84 valence electrons. The minimum atomic E-state index is 0.113. The van der Waals surface area contributed by atoms with E-state index in [9.17, 15) is 0 Å². The van der Waals surface area contributed by atoms with E-state index < -0.39 is 0 Å². The van der Waals surface area contributed by atoms with Gasteiger partial charge >= 0.3 is 0 Å². The highest BCUT2D eigenvalue weighted by Crippen LogP contribution is 2.06. The van der Waals surface area contributed by atoms with Crippen molar-refractivity contribution in [3.05, 3.63) is 18.0 Å². The van der Waals surface area contributed by atoms with Crippen LogP contribution in [0.3, 0.4) is 0 Å². The van der Waals surface area contributed by atoms with Gasteiger partial charge in [0.1, 0.15) is 0 Å². The zero-order chi connectivity index (χ0) is 11.1. The van der Waals surface area contributed by atoms with Gasteiger partial charge in [-0.3, -0.25) is 0 Å². The molecule has 0 saturated carbocycles. The van der Waals surface area contributed by atoms with E-state index in [0.717, 1.165) is 18.5 Å². The Bertz CT molecular complexity index is 269. The SMILES string of the molecule is CCCN(CCO)c1ncc(CN)cn1. The lowest BCUT2D eigenvalue weighted by Gasteiger charge is -2.20. The number of nitrogens with two attached hydrogens (primary N) is 1. The summed E-state index contributed by atoms with van der Waals surface area (Å²) < 4.78 is 0. The molecule has 0 aromatic carbocycles. The van der Waals surface area contributed by atoms with Gasteiger partial charge in [-0.1, -0.05) is 6.92 Å². The van der Waals surface area contributed by atoms with Crippen LogP contribution >= 0.6 is 0 Å². The summed E-state index contributed by atoms with van der Waals surface area (Å²) in [5.41, 5.74) is 6.38. The second kappa shape index (κ2) is 6.31. The van der Waals surface area contributed by atoms with Crippen LogP contribution in [-0.2, 0) is 6.54 Å². The standard InChI is InChI=1S/C10H18N4O/c1-2-3-14(4-5-15)10-12-7-9(6-11)8-13-10/h7-8,15H,2-6,11H2,1H3. The first-order valence-corrected chi connectivity index (χ1v) is 5.18. The molecule has 1 aromatic heterocycles. The van der Waals surface area contributed by atoms with E-state index in [0.29, 0.717) is 19.0 Å². The first-order valence-electron chi connectivity index (χ1n) is 5.18. The van der Waals surface area contributed by atoms with Gasteiger partial charge in [-0.25, -0.2) is 9.97 Å². The van der Waals surface area contributed by atoms with Crippen LogP contribution in [0.1, 0.15) is 18.9 Å². The summed E-state index contributed by atoms with van der Waals surface area (Å²) in [4.78, 5) is 10.4. The molecule has 0 saturated heterocycles. The van der Waals surface area contributed by atoms with E-state index in [-0.39, 0.29) is 6.61 Å². The second-order valence-electron chi connectivity index (χ2n) is 3.31. The lowest BCUT2D eigenvalue weighted by molar-refractivity contribution is 0.301. The van der Waals surface area contributed by atoms with Crippen molar-refractivity contribution in [2.75, 3.05) is 24.6 Å². The van der Waals surface area contributed by atoms with Gasteiger partial charge in [0.15, 0.2) is 0 Å². The third kappa shape index (κ3) is 3.45. The van der Waals surface area contributed by atoms with Crippen molar-refractivity contribution in [1.82, 2.24) is 9.97 Å². The van der Waals surface area contributed by atoms with Crippen molar-refractivity contribution in [3.63, 3.8) is 0 Å². The average molecular weight is 210 g/mol. The van der Waals surface area contributed by atoms with Gasteiger partial charge in [0.2, 0.25) is 5.95 Å². The van der Waals surface area contributed by atoms with E-state index in [1.54, 1.807) is 12.4 Å². The number of aromatic nitrogens is 2. The minimum absolute atomic E-state index is 0.113. The molecule has 5 heteroatoms. The van der Waals surface area contributed by atoms with E-state index in [2.05, 4.69) is 16.9 Å². The van der Waals surface area contributed by atoms with Gasteiger partial charge in [-0.2, -0.15) is 0 Å². The lowest BCUT2D eigenvalue weighted by Crippen LogP contribution is -2.29. The fourth-order valence-electron chi connectivity index (χ4n) is 1.32. The maximum Gasteiger partial charge on any atom is 0.225 e. The number of anilines is 1. The van der Waals surface area contributed by atoms with Crippen molar-refractivity contribution in [1.29, 1.82) is 0 Å². The summed E-state index contributed by atoms with van der Waals surface area (Å²) >= 11 is 0. The maximum atomic E-state index is 8.91. The molecule has 3 N–H and O–H groups in total. The molecule has 0 radical (unpaired) electrons. The fraction of sp³-hybridized carbons (Fsp3) is 0.600. The highest BCUT2D eigenvalue weighted by Gasteiger charge is 2.07. The third-order valence-electron chi connectivity index (χ3n) is 2.07. The van der Waals surface area contributed by atoms with Crippen LogP contribution in [0.25, 0.3) is 0 Å².